The highest BCUT2D eigenvalue weighted by Gasteiger charge is 2.66. The minimum Gasteiger partial charge on any atom is -0.379 e. The first-order chi connectivity index (χ1) is 20.0. The summed E-state index contributed by atoms with van der Waals surface area (Å²) in [6, 6.07) is 1.03. The fraction of sp³-hybridized carbons (Fsp3) is 0.935. The number of ether oxygens (including phenoxy) is 5. The third-order valence-electron chi connectivity index (χ3n) is 12.1. The summed E-state index contributed by atoms with van der Waals surface area (Å²) >= 11 is 0. The van der Waals surface area contributed by atoms with Gasteiger partial charge in [0.05, 0.1) is 49.0 Å². The lowest BCUT2D eigenvalue weighted by atomic mass is 9.64. The van der Waals surface area contributed by atoms with E-state index in [0.29, 0.717) is 55.0 Å². The molecule has 0 aromatic heterocycles. The van der Waals surface area contributed by atoms with Gasteiger partial charge in [0.25, 0.3) is 0 Å². The molecule has 4 saturated heterocycles. The second-order valence-electron chi connectivity index (χ2n) is 13.9. The average Bonchev–Trinajstić information content (AvgIpc) is 3.60. The van der Waals surface area contributed by atoms with Gasteiger partial charge in [-0.25, -0.2) is 0 Å². The summed E-state index contributed by atoms with van der Waals surface area (Å²) < 4.78 is 29.5. The molecule has 13 unspecified atom stereocenters. The zero-order valence-electron chi connectivity index (χ0n) is 25.0. The zero-order valence-corrected chi connectivity index (χ0v) is 25.0. The van der Waals surface area contributed by atoms with Crippen molar-refractivity contribution in [2.75, 3.05) is 34.1 Å². The van der Waals surface area contributed by atoms with E-state index in [1.807, 2.05) is 6.92 Å². The molecular weight excluding hydrogens is 526 g/mol. The summed E-state index contributed by atoms with van der Waals surface area (Å²) in [5.74, 6) is 1.90. The van der Waals surface area contributed by atoms with Crippen LogP contribution in [0.3, 0.4) is 0 Å². The third kappa shape index (κ3) is 4.94. The quantitative estimate of drug-likeness (QED) is 0.462. The van der Waals surface area contributed by atoms with Crippen molar-refractivity contribution < 1.29 is 38.6 Å². The van der Waals surface area contributed by atoms with Gasteiger partial charge < -0.3 is 39.2 Å². The van der Waals surface area contributed by atoms with E-state index >= 15 is 0 Å². The van der Waals surface area contributed by atoms with E-state index < -0.39 is 6.10 Å². The fourth-order valence-corrected chi connectivity index (χ4v) is 10.3. The Hall–Kier alpha value is -1.30. The summed E-state index contributed by atoms with van der Waals surface area (Å²) in [5, 5.41) is 5.69. The predicted molar refractivity (Wildman–Crippen MR) is 148 cm³/mol. The number of carbonyl (C=O) groups excluding carboxylic acids is 2. The van der Waals surface area contributed by atoms with Crippen LogP contribution >= 0.6 is 0 Å². The van der Waals surface area contributed by atoms with Crippen LogP contribution in [0.15, 0.2) is 0 Å². The molecule has 41 heavy (non-hydrogen) atoms. The van der Waals surface area contributed by atoms with Crippen molar-refractivity contribution in [3.8, 4) is 0 Å². The predicted octanol–water partition coefficient (Wildman–Crippen LogP) is 0.819. The van der Waals surface area contributed by atoms with Gasteiger partial charge in [0, 0.05) is 39.1 Å². The lowest BCUT2D eigenvalue weighted by Crippen LogP contribution is -2.99. The number of fused-ring (bicyclic) bond motifs is 6. The van der Waals surface area contributed by atoms with Gasteiger partial charge in [0.1, 0.15) is 18.9 Å². The van der Waals surface area contributed by atoms with E-state index in [0.717, 1.165) is 64.3 Å². The first kappa shape index (κ1) is 28.5. The molecule has 0 radical (unpaired) electrons. The molecule has 10 nitrogen and oxygen atoms in total. The Morgan fingerprint density at radius 2 is 1.85 bits per heavy atom. The molecule has 14 atom stereocenters. The van der Waals surface area contributed by atoms with Gasteiger partial charge in [-0.15, -0.1) is 0 Å². The molecule has 3 aliphatic carbocycles. The number of quaternary nitrogens is 1. The maximum absolute atomic E-state index is 14.2. The van der Waals surface area contributed by atoms with Crippen LogP contribution in [0.25, 0.3) is 0 Å². The first-order valence-electron chi connectivity index (χ1n) is 16.4. The highest BCUT2D eigenvalue weighted by Crippen LogP contribution is 2.53. The Morgan fingerprint density at radius 1 is 1.00 bits per heavy atom. The molecule has 0 spiro atoms. The largest absolute Gasteiger partial charge is 0.379 e. The van der Waals surface area contributed by atoms with Gasteiger partial charge in [0.15, 0.2) is 0 Å². The van der Waals surface area contributed by atoms with Gasteiger partial charge in [-0.3, -0.25) is 9.59 Å². The second kappa shape index (κ2) is 11.7. The van der Waals surface area contributed by atoms with Gasteiger partial charge in [-0.05, 0) is 76.0 Å². The van der Waals surface area contributed by atoms with Gasteiger partial charge in [-0.2, -0.15) is 0 Å². The summed E-state index contributed by atoms with van der Waals surface area (Å²) in [4.78, 5) is 29.6. The number of carbonyl (C=O) groups is 2. The van der Waals surface area contributed by atoms with E-state index in [2.05, 4.69) is 15.5 Å². The molecular formula is C31H50N3O7+. The number of nitrogens with two attached hydrogens (primary N) is 1. The monoisotopic (exact) mass is 576 g/mol. The maximum atomic E-state index is 14.2. The lowest BCUT2D eigenvalue weighted by molar-refractivity contribution is -0.713. The summed E-state index contributed by atoms with van der Waals surface area (Å²) in [6.45, 7) is 4.08. The normalized spacial score (nSPS) is 47.6. The molecule has 7 fully saturated rings. The summed E-state index contributed by atoms with van der Waals surface area (Å²) in [5.41, 5.74) is 0. The Labute approximate surface area is 243 Å². The SMILES string of the molecule is COC1CCC2C3[NH2+]CCC4C5CC(O[C@H](C)C(=O)NCC6CCC7OCOC7C6)CCC5N(C(=O)C2C1OC)C43. The minimum atomic E-state index is -0.478. The van der Waals surface area contributed by atoms with Crippen molar-refractivity contribution in [3.63, 3.8) is 0 Å². The molecule has 7 rings (SSSR count). The Morgan fingerprint density at radius 3 is 2.68 bits per heavy atom. The second-order valence-corrected chi connectivity index (χ2v) is 13.9. The van der Waals surface area contributed by atoms with Crippen molar-refractivity contribution >= 4 is 11.8 Å². The lowest BCUT2D eigenvalue weighted by Gasteiger charge is -2.53. The van der Waals surface area contributed by atoms with Crippen molar-refractivity contribution in [1.82, 2.24) is 10.2 Å². The number of nitrogens with one attached hydrogen (secondary N) is 1. The Balaban J connectivity index is 0.982. The first-order valence-corrected chi connectivity index (χ1v) is 16.4. The van der Waals surface area contributed by atoms with Crippen molar-refractivity contribution in [2.45, 2.75) is 119 Å². The van der Waals surface area contributed by atoms with Crippen LogP contribution in [-0.4, -0.2) is 106 Å². The highest BCUT2D eigenvalue weighted by atomic mass is 16.7. The standard InChI is InChI=1S/C31H49N3O7/c1-16(30(35)33-14-17-4-8-23-25(12-17)40-15-39-23)41-18-5-7-22-21(13-18)19-10-11-32-27-20-6-9-24(37-2)29(38-3)26(20)31(36)34(22)28(19)27/h16-29,32H,4-15H2,1-3H3,(H,33,35)/p+1/t16-,17?,18?,19?,20?,21?,22?,23?,24?,25?,26?,27?,28?,29?/m1/s1. The van der Waals surface area contributed by atoms with Crippen molar-refractivity contribution in [1.29, 1.82) is 0 Å². The molecule has 230 valence electrons. The highest BCUT2D eigenvalue weighted by molar-refractivity contribution is 5.82. The van der Waals surface area contributed by atoms with Crippen molar-refractivity contribution in [3.05, 3.63) is 0 Å². The third-order valence-corrected chi connectivity index (χ3v) is 12.1. The number of methoxy groups -OCH3 is 2. The van der Waals surface area contributed by atoms with Crippen LogP contribution < -0.4 is 10.6 Å². The fourth-order valence-electron chi connectivity index (χ4n) is 10.3. The van der Waals surface area contributed by atoms with Crippen LogP contribution in [0.4, 0.5) is 0 Å². The molecule has 4 heterocycles. The van der Waals surface area contributed by atoms with Crippen LogP contribution in [0.2, 0.25) is 0 Å². The number of hydrogen-bond acceptors (Lipinski definition) is 7. The smallest absolute Gasteiger partial charge is 0.248 e. The summed E-state index contributed by atoms with van der Waals surface area (Å²) in [6.07, 6.45) is 8.72. The minimum absolute atomic E-state index is 0.0172. The van der Waals surface area contributed by atoms with Crippen LogP contribution in [0, 0.1) is 29.6 Å². The molecule has 10 heteroatoms. The molecule has 7 aliphatic rings. The molecule has 0 bridgehead atoms. The van der Waals surface area contributed by atoms with E-state index in [4.69, 9.17) is 23.7 Å². The molecule has 0 aromatic rings. The molecule has 4 aliphatic heterocycles. The average molecular weight is 577 g/mol. The van der Waals surface area contributed by atoms with Crippen LogP contribution in [0.5, 0.6) is 0 Å². The van der Waals surface area contributed by atoms with E-state index in [1.165, 1.54) is 0 Å². The topological polar surface area (TPSA) is 112 Å². The zero-order chi connectivity index (χ0) is 28.2. The molecule has 3 N–H and O–H groups in total. The van der Waals surface area contributed by atoms with Gasteiger partial charge in [0.2, 0.25) is 11.8 Å². The van der Waals surface area contributed by atoms with Gasteiger partial charge >= 0.3 is 0 Å². The Kier molecular flexibility index (Phi) is 8.09. The maximum Gasteiger partial charge on any atom is 0.248 e. The number of nitrogens with zero attached hydrogens (tertiary/aromatic N) is 1. The Bertz CT molecular complexity index is 983. The number of hydrogen-bond donors (Lipinski definition) is 2. The van der Waals surface area contributed by atoms with E-state index in [9.17, 15) is 9.59 Å². The number of amides is 2. The number of piperidine rings is 2. The number of rotatable bonds is 7. The van der Waals surface area contributed by atoms with Crippen LogP contribution in [0.1, 0.15) is 64.7 Å². The molecule has 0 aromatic carbocycles. The van der Waals surface area contributed by atoms with Gasteiger partial charge in [-0.1, -0.05) is 0 Å². The van der Waals surface area contributed by atoms with Crippen LogP contribution in [-0.2, 0) is 33.3 Å². The van der Waals surface area contributed by atoms with E-state index in [1.54, 1.807) is 14.2 Å². The summed E-state index contributed by atoms with van der Waals surface area (Å²) in [7, 11) is 3.48. The molecule has 3 saturated carbocycles. The molecule has 2 amide bonds. The van der Waals surface area contributed by atoms with Crippen molar-refractivity contribution in [2.24, 2.45) is 29.6 Å². The van der Waals surface area contributed by atoms with E-state index in [-0.39, 0.29) is 48.4 Å².